The molecule has 84 valence electrons. The Morgan fingerprint density at radius 1 is 1.47 bits per heavy atom. The minimum atomic E-state index is 0.192. The fourth-order valence-corrected chi connectivity index (χ4v) is 1.43. The molecule has 0 aliphatic carbocycles. The van der Waals surface area contributed by atoms with E-state index in [2.05, 4.69) is 5.32 Å². The van der Waals surface area contributed by atoms with Crippen molar-refractivity contribution < 1.29 is 9.84 Å². The first kappa shape index (κ1) is 12.1. The lowest BCUT2D eigenvalue weighted by Crippen LogP contribution is -2.03. The van der Waals surface area contributed by atoms with E-state index in [1.54, 1.807) is 0 Å². The van der Waals surface area contributed by atoms with Crippen molar-refractivity contribution in [2.24, 2.45) is 0 Å². The summed E-state index contributed by atoms with van der Waals surface area (Å²) in [5, 5.41) is 12.4. The van der Waals surface area contributed by atoms with Gasteiger partial charge in [-0.15, -0.1) is 0 Å². The van der Waals surface area contributed by atoms with Crippen LogP contribution >= 0.6 is 11.6 Å². The molecule has 0 aliphatic rings. The first-order chi connectivity index (χ1) is 7.27. The van der Waals surface area contributed by atoms with Gasteiger partial charge in [-0.3, -0.25) is 0 Å². The van der Waals surface area contributed by atoms with Gasteiger partial charge in [-0.2, -0.15) is 0 Å². The van der Waals surface area contributed by atoms with Crippen LogP contribution in [0.15, 0.2) is 18.2 Å². The molecular formula is C11H16ClNO2. The molecular weight excluding hydrogens is 214 g/mol. The third-order valence-corrected chi connectivity index (χ3v) is 2.19. The maximum atomic E-state index is 8.63. The molecule has 4 heteroatoms. The third-order valence-electron chi connectivity index (χ3n) is 1.90. The van der Waals surface area contributed by atoms with Gasteiger partial charge >= 0.3 is 0 Å². The number of hydrogen-bond donors (Lipinski definition) is 2. The molecule has 0 unspecified atom stereocenters. The molecule has 0 fully saturated rings. The highest BCUT2D eigenvalue weighted by Gasteiger charge is 2.01. The SMILES string of the molecule is CCOc1ccc(NCCCO)cc1Cl. The molecule has 0 aliphatic heterocycles. The summed E-state index contributed by atoms with van der Waals surface area (Å²) in [6.07, 6.45) is 0.727. The first-order valence-electron chi connectivity index (χ1n) is 5.05. The minimum Gasteiger partial charge on any atom is -0.492 e. The lowest BCUT2D eigenvalue weighted by Gasteiger charge is -2.09. The van der Waals surface area contributed by atoms with Crippen molar-refractivity contribution in [2.45, 2.75) is 13.3 Å². The zero-order valence-electron chi connectivity index (χ0n) is 8.79. The molecule has 0 saturated carbocycles. The lowest BCUT2D eigenvalue weighted by atomic mass is 10.3. The number of nitrogens with one attached hydrogen (secondary N) is 1. The van der Waals surface area contributed by atoms with Crippen molar-refractivity contribution in [3.8, 4) is 5.75 Å². The minimum absolute atomic E-state index is 0.192. The molecule has 15 heavy (non-hydrogen) atoms. The van der Waals surface area contributed by atoms with E-state index in [1.165, 1.54) is 0 Å². The summed E-state index contributed by atoms with van der Waals surface area (Å²) in [5.74, 6) is 0.701. The Kier molecular flexibility index (Phi) is 5.29. The quantitative estimate of drug-likeness (QED) is 0.737. The maximum Gasteiger partial charge on any atom is 0.138 e. The average Bonchev–Trinajstić information content (AvgIpc) is 2.23. The van der Waals surface area contributed by atoms with Crippen molar-refractivity contribution in [1.29, 1.82) is 0 Å². The second-order valence-electron chi connectivity index (χ2n) is 3.08. The maximum absolute atomic E-state index is 8.63. The Labute approximate surface area is 95.0 Å². The fraction of sp³-hybridized carbons (Fsp3) is 0.455. The molecule has 0 amide bonds. The molecule has 2 N–H and O–H groups in total. The third kappa shape index (κ3) is 3.98. The lowest BCUT2D eigenvalue weighted by molar-refractivity contribution is 0.292. The van der Waals surface area contributed by atoms with Gasteiger partial charge < -0.3 is 15.2 Å². The first-order valence-corrected chi connectivity index (χ1v) is 5.42. The number of hydrogen-bond acceptors (Lipinski definition) is 3. The second-order valence-corrected chi connectivity index (χ2v) is 3.49. The number of aliphatic hydroxyl groups is 1. The Hall–Kier alpha value is -0.930. The van der Waals surface area contributed by atoms with Crippen LogP contribution in [-0.2, 0) is 0 Å². The van der Waals surface area contributed by atoms with E-state index in [9.17, 15) is 0 Å². The summed E-state index contributed by atoms with van der Waals surface area (Å²) in [7, 11) is 0. The topological polar surface area (TPSA) is 41.5 Å². The van der Waals surface area contributed by atoms with Crippen LogP contribution in [0.5, 0.6) is 5.75 Å². The summed E-state index contributed by atoms with van der Waals surface area (Å²) in [5.41, 5.74) is 0.942. The molecule has 0 atom stereocenters. The molecule has 1 aromatic carbocycles. The molecule has 0 heterocycles. The van der Waals surface area contributed by atoms with Gasteiger partial charge in [-0.25, -0.2) is 0 Å². The highest BCUT2D eigenvalue weighted by atomic mass is 35.5. The van der Waals surface area contributed by atoms with E-state index in [0.717, 1.165) is 18.7 Å². The van der Waals surface area contributed by atoms with E-state index in [0.29, 0.717) is 17.4 Å². The normalized spacial score (nSPS) is 10.1. The predicted octanol–water partition coefficient (Wildman–Crippen LogP) is 2.53. The largest absolute Gasteiger partial charge is 0.492 e. The summed E-state index contributed by atoms with van der Waals surface area (Å²) in [4.78, 5) is 0. The van der Waals surface area contributed by atoms with Crippen LogP contribution in [0.1, 0.15) is 13.3 Å². The van der Waals surface area contributed by atoms with E-state index in [4.69, 9.17) is 21.4 Å². The number of anilines is 1. The zero-order valence-corrected chi connectivity index (χ0v) is 9.55. The monoisotopic (exact) mass is 229 g/mol. The Bertz CT molecular complexity index is 305. The predicted molar refractivity (Wildman–Crippen MR) is 62.8 cm³/mol. The van der Waals surface area contributed by atoms with Crippen LogP contribution < -0.4 is 10.1 Å². The standard InChI is InChI=1S/C11H16ClNO2/c1-2-15-11-5-4-9(8-10(11)12)13-6-3-7-14/h4-5,8,13-14H,2-3,6-7H2,1H3. The summed E-state index contributed by atoms with van der Waals surface area (Å²) < 4.78 is 5.32. The molecule has 0 spiro atoms. The van der Waals surface area contributed by atoms with Gasteiger partial charge in [-0.05, 0) is 31.5 Å². The summed E-state index contributed by atoms with van der Waals surface area (Å²) in [6, 6.07) is 5.57. The van der Waals surface area contributed by atoms with E-state index >= 15 is 0 Å². The van der Waals surface area contributed by atoms with Crippen molar-refractivity contribution in [2.75, 3.05) is 25.1 Å². The average molecular weight is 230 g/mol. The number of ether oxygens (including phenoxy) is 1. The van der Waals surface area contributed by atoms with Crippen LogP contribution in [0.2, 0.25) is 5.02 Å². The van der Waals surface area contributed by atoms with Gasteiger partial charge in [-0.1, -0.05) is 11.6 Å². The van der Waals surface area contributed by atoms with Gasteiger partial charge in [0.25, 0.3) is 0 Å². The Morgan fingerprint density at radius 2 is 2.27 bits per heavy atom. The van der Waals surface area contributed by atoms with Crippen LogP contribution in [0.25, 0.3) is 0 Å². The van der Waals surface area contributed by atoms with Crippen LogP contribution in [0.4, 0.5) is 5.69 Å². The molecule has 1 rings (SSSR count). The highest BCUT2D eigenvalue weighted by Crippen LogP contribution is 2.27. The van der Waals surface area contributed by atoms with Crippen molar-refractivity contribution in [3.63, 3.8) is 0 Å². The molecule has 0 radical (unpaired) electrons. The van der Waals surface area contributed by atoms with Crippen LogP contribution in [-0.4, -0.2) is 24.9 Å². The van der Waals surface area contributed by atoms with Gasteiger partial charge in [0.2, 0.25) is 0 Å². The summed E-state index contributed by atoms with van der Waals surface area (Å²) >= 11 is 6.01. The van der Waals surface area contributed by atoms with Crippen LogP contribution in [0.3, 0.4) is 0 Å². The second kappa shape index (κ2) is 6.53. The zero-order chi connectivity index (χ0) is 11.1. The highest BCUT2D eigenvalue weighted by molar-refractivity contribution is 6.32. The van der Waals surface area contributed by atoms with E-state index in [-0.39, 0.29) is 6.61 Å². The van der Waals surface area contributed by atoms with Crippen LogP contribution in [0, 0.1) is 0 Å². The van der Waals surface area contributed by atoms with Crippen molar-refractivity contribution in [1.82, 2.24) is 0 Å². The number of halogens is 1. The molecule has 0 aromatic heterocycles. The molecule has 3 nitrogen and oxygen atoms in total. The number of benzene rings is 1. The van der Waals surface area contributed by atoms with E-state index in [1.807, 2.05) is 25.1 Å². The smallest absolute Gasteiger partial charge is 0.138 e. The van der Waals surface area contributed by atoms with Gasteiger partial charge in [0, 0.05) is 18.8 Å². The van der Waals surface area contributed by atoms with E-state index < -0.39 is 0 Å². The molecule has 1 aromatic rings. The molecule has 0 bridgehead atoms. The van der Waals surface area contributed by atoms with Gasteiger partial charge in [0.15, 0.2) is 0 Å². The molecule has 0 saturated heterocycles. The Morgan fingerprint density at radius 3 is 2.87 bits per heavy atom. The van der Waals surface area contributed by atoms with Crippen molar-refractivity contribution in [3.05, 3.63) is 23.2 Å². The number of aliphatic hydroxyl groups excluding tert-OH is 1. The van der Waals surface area contributed by atoms with Gasteiger partial charge in [0.1, 0.15) is 5.75 Å². The van der Waals surface area contributed by atoms with Gasteiger partial charge in [0.05, 0.1) is 11.6 Å². The van der Waals surface area contributed by atoms with Crippen molar-refractivity contribution >= 4 is 17.3 Å². The fourth-order valence-electron chi connectivity index (χ4n) is 1.20. The number of rotatable bonds is 6. The summed E-state index contributed by atoms with van der Waals surface area (Å²) in [6.45, 7) is 3.46. The Balaban J connectivity index is 2.56.